The number of rotatable bonds is 11. The van der Waals surface area contributed by atoms with Crippen molar-refractivity contribution in [3.63, 3.8) is 0 Å². The topological polar surface area (TPSA) is 151 Å². The molecule has 0 atom stereocenters. The molecule has 2 aliphatic heterocycles. The van der Waals surface area contributed by atoms with Crippen LogP contribution in [0, 0.1) is 0 Å². The summed E-state index contributed by atoms with van der Waals surface area (Å²) in [4.78, 5) is 73.2. The van der Waals surface area contributed by atoms with E-state index in [-0.39, 0.29) is 37.7 Å². The number of carbonyl (C=O) groups excluding carboxylic acids is 6. The lowest BCUT2D eigenvalue weighted by molar-refractivity contribution is -0.138. The largest absolute Gasteiger partial charge is 0.463 e. The summed E-state index contributed by atoms with van der Waals surface area (Å²) in [5.41, 5.74) is -0.252. The molecule has 0 unspecified atom stereocenters. The Balaban J connectivity index is 1.72. The molecular weight excluding hydrogens is 424 g/mol. The predicted octanol–water partition coefficient (Wildman–Crippen LogP) is 0.544. The van der Waals surface area contributed by atoms with Crippen LogP contribution in [0.1, 0.15) is 39.5 Å². The number of unbranched alkanes of at least 4 members (excludes halogenated alkanes) is 3. The first-order valence-corrected chi connectivity index (χ1v) is 10.3. The minimum absolute atomic E-state index is 0.126. The summed E-state index contributed by atoms with van der Waals surface area (Å²) in [6.45, 7) is 3.90. The molecule has 174 valence electrons. The SMILES string of the molecule is CCOC(=O)/C=C1\NC(=O)N(CCCCCCN2C(=O)N/C(=C/C(=O)OCC)C2=O)C1=O. The number of hydrogen-bond donors (Lipinski definition) is 2. The Hall–Kier alpha value is -3.70. The van der Waals surface area contributed by atoms with Gasteiger partial charge in [0.25, 0.3) is 11.8 Å². The third kappa shape index (κ3) is 6.40. The molecule has 12 heteroatoms. The van der Waals surface area contributed by atoms with Gasteiger partial charge in [0.1, 0.15) is 11.4 Å². The van der Waals surface area contributed by atoms with Gasteiger partial charge in [0.15, 0.2) is 0 Å². The molecule has 0 aromatic carbocycles. The number of hydrogen-bond acceptors (Lipinski definition) is 8. The van der Waals surface area contributed by atoms with Gasteiger partial charge < -0.3 is 20.1 Å². The number of nitrogens with zero attached hydrogens (tertiary/aromatic N) is 2. The second-order valence-electron chi connectivity index (χ2n) is 6.81. The van der Waals surface area contributed by atoms with Crippen LogP contribution in [0.5, 0.6) is 0 Å². The molecule has 0 aliphatic carbocycles. The number of carbonyl (C=O) groups is 6. The lowest BCUT2D eigenvalue weighted by atomic mass is 10.2. The molecular formula is C20H26N4O8. The second kappa shape index (κ2) is 11.6. The van der Waals surface area contributed by atoms with E-state index in [0.29, 0.717) is 25.7 Å². The van der Waals surface area contributed by atoms with E-state index in [9.17, 15) is 28.8 Å². The molecule has 2 fully saturated rings. The van der Waals surface area contributed by atoms with Gasteiger partial charge in [-0.25, -0.2) is 19.2 Å². The Kier molecular flexibility index (Phi) is 8.93. The molecule has 0 radical (unpaired) electrons. The van der Waals surface area contributed by atoms with Crippen LogP contribution >= 0.6 is 0 Å². The molecule has 2 N–H and O–H groups in total. The molecule has 0 bridgehead atoms. The van der Waals surface area contributed by atoms with Gasteiger partial charge in [-0.2, -0.15) is 0 Å². The van der Waals surface area contributed by atoms with Crippen LogP contribution in [0.25, 0.3) is 0 Å². The first kappa shape index (κ1) is 24.6. The molecule has 12 nitrogen and oxygen atoms in total. The Labute approximate surface area is 184 Å². The maximum Gasteiger partial charge on any atom is 0.333 e. The van der Waals surface area contributed by atoms with Crippen molar-refractivity contribution in [1.29, 1.82) is 0 Å². The highest BCUT2D eigenvalue weighted by Crippen LogP contribution is 2.14. The van der Waals surface area contributed by atoms with Gasteiger partial charge in [0.2, 0.25) is 0 Å². The molecule has 0 aromatic rings. The fourth-order valence-electron chi connectivity index (χ4n) is 3.05. The molecule has 2 rings (SSSR count). The predicted molar refractivity (Wildman–Crippen MR) is 108 cm³/mol. The Morgan fingerprint density at radius 1 is 0.719 bits per heavy atom. The first-order chi connectivity index (χ1) is 15.3. The minimum Gasteiger partial charge on any atom is -0.463 e. The normalized spacial score (nSPS) is 18.4. The fraction of sp³-hybridized carbons (Fsp3) is 0.500. The van der Waals surface area contributed by atoms with Crippen molar-refractivity contribution >= 4 is 35.8 Å². The van der Waals surface area contributed by atoms with Gasteiger partial charge in [-0.3, -0.25) is 19.4 Å². The number of urea groups is 2. The van der Waals surface area contributed by atoms with Crippen molar-refractivity contribution in [2.24, 2.45) is 0 Å². The average molecular weight is 450 g/mol. The molecule has 2 heterocycles. The van der Waals surface area contributed by atoms with Gasteiger partial charge in [-0.05, 0) is 26.7 Å². The maximum absolute atomic E-state index is 12.2. The quantitative estimate of drug-likeness (QED) is 0.200. The number of nitrogens with one attached hydrogen (secondary N) is 2. The fourth-order valence-corrected chi connectivity index (χ4v) is 3.05. The van der Waals surface area contributed by atoms with E-state index < -0.39 is 35.8 Å². The van der Waals surface area contributed by atoms with E-state index in [4.69, 9.17) is 9.47 Å². The molecule has 0 spiro atoms. The van der Waals surface area contributed by atoms with E-state index in [1.54, 1.807) is 13.8 Å². The number of esters is 2. The zero-order valence-electron chi connectivity index (χ0n) is 18.0. The van der Waals surface area contributed by atoms with Gasteiger partial charge >= 0.3 is 24.0 Å². The average Bonchev–Trinajstić information content (AvgIpc) is 3.14. The van der Waals surface area contributed by atoms with Crippen LogP contribution in [-0.4, -0.2) is 71.9 Å². The van der Waals surface area contributed by atoms with Crippen molar-refractivity contribution in [2.75, 3.05) is 26.3 Å². The highest BCUT2D eigenvalue weighted by molar-refractivity contribution is 6.14. The standard InChI is InChI=1S/C20H26N4O8/c1-3-31-15(25)11-13-17(27)23(19(29)21-13)9-7-5-6-8-10-24-18(28)14(22-20(24)30)12-16(26)32-4-2/h11-12H,3-10H2,1-2H3,(H,21,29)(H,22,30)/b13-11-,14-12+. The lowest BCUT2D eigenvalue weighted by Gasteiger charge is -2.13. The van der Waals surface area contributed by atoms with Crippen LogP contribution in [-0.2, 0) is 28.7 Å². The summed E-state index contributed by atoms with van der Waals surface area (Å²) >= 11 is 0. The Morgan fingerprint density at radius 3 is 1.44 bits per heavy atom. The molecule has 6 amide bonds. The van der Waals surface area contributed by atoms with Gasteiger partial charge in [0, 0.05) is 13.1 Å². The maximum atomic E-state index is 12.2. The first-order valence-electron chi connectivity index (χ1n) is 10.3. The number of imide groups is 2. The summed E-state index contributed by atoms with van der Waals surface area (Å²) in [5.74, 6) is -2.61. The van der Waals surface area contributed by atoms with Crippen molar-refractivity contribution in [3.8, 4) is 0 Å². The van der Waals surface area contributed by atoms with Gasteiger partial charge in [-0.15, -0.1) is 0 Å². The van der Waals surface area contributed by atoms with E-state index in [1.165, 1.54) is 0 Å². The summed E-state index contributed by atoms with van der Waals surface area (Å²) in [7, 11) is 0. The van der Waals surface area contributed by atoms with Crippen molar-refractivity contribution in [1.82, 2.24) is 20.4 Å². The van der Waals surface area contributed by atoms with E-state index in [1.807, 2.05) is 0 Å². The van der Waals surface area contributed by atoms with Gasteiger partial charge in [-0.1, -0.05) is 12.8 Å². The van der Waals surface area contributed by atoms with Crippen LogP contribution in [0.4, 0.5) is 9.59 Å². The van der Waals surface area contributed by atoms with Gasteiger partial charge in [0.05, 0.1) is 25.4 Å². The number of amides is 6. The highest BCUT2D eigenvalue weighted by Gasteiger charge is 2.34. The summed E-state index contributed by atoms with van der Waals surface area (Å²) in [6.07, 6.45) is 4.21. The minimum atomic E-state index is -0.709. The highest BCUT2D eigenvalue weighted by atomic mass is 16.5. The molecule has 0 saturated carbocycles. The third-order valence-corrected chi connectivity index (χ3v) is 4.54. The van der Waals surface area contributed by atoms with Crippen LogP contribution in [0.2, 0.25) is 0 Å². The van der Waals surface area contributed by atoms with Crippen LogP contribution in [0.3, 0.4) is 0 Å². The summed E-state index contributed by atoms with van der Waals surface area (Å²) < 4.78 is 9.44. The molecule has 2 aliphatic rings. The smallest absolute Gasteiger partial charge is 0.333 e. The Morgan fingerprint density at radius 2 is 1.09 bits per heavy atom. The zero-order chi connectivity index (χ0) is 23.7. The number of ether oxygens (including phenoxy) is 2. The monoisotopic (exact) mass is 450 g/mol. The van der Waals surface area contributed by atoms with E-state index in [2.05, 4.69) is 10.6 Å². The van der Waals surface area contributed by atoms with Crippen molar-refractivity contribution in [2.45, 2.75) is 39.5 Å². The molecule has 0 aromatic heterocycles. The van der Waals surface area contributed by atoms with E-state index in [0.717, 1.165) is 22.0 Å². The summed E-state index contributed by atoms with van der Waals surface area (Å²) in [5, 5.41) is 4.68. The van der Waals surface area contributed by atoms with Crippen LogP contribution < -0.4 is 10.6 Å². The molecule has 2 saturated heterocycles. The lowest BCUT2D eigenvalue weighted by Crippen LogP contribution is -2.32. The van der Waals surface area contributed by atoms with E-state index >= 15 is 0 Å². The zero-order valence-corrected chi connectivity index (χ0v) is 18.0. The van der Waals surface area contributed by atoms with Crippen molar-refractivity contribution < 1.29 is 38.2 Å². The second-order valence-corrected chi connectivity index (χ2v) is 6.81. The Bertz CT molecular complexity index is 794. The van der Waals surface area contributed by atoms with Crippen LogP contribution in [0.15, 0.2) is 23.5 Å². The summed E-state index contributed by atoms with van der Waals surface area (Å²) in [6, 6.07) is -1.21. The third-order valence-electron chi connectivity index (χ3n) is 4.54. The molecule has 32 heavy (non-hydrogen) atoms. The van der Waals surface area contributed by atoms with Crippen molar-refractivity contribution in [3.05, 3.63) is 23.5 Å².